The molecule has 174 valence electrons. The van der Waals surface area contributed by atoms with Crippen LogP contribution in [0, 0.1) is 0 Å². The van der Waals surface area contributed by atoms with Crippen molar-refractivity contribution in [2.75, 3.05) is 24.7 Å². The van der Waals surface area contributed by atoms with Crippen LogP contribution in [0.5, 0.6) is 0 Å². The van der Waals surface area contributed by atoms with Crippen LogP contribution < -0.4 is 4.90 Å². The number of thioether (sulfide) groups is 1. The quantitative estimate of drug-likeness (QED) is 0.273. The van der Waals surface area contributed by atoms with Gasteiger partial charge in [0, 0.05) is 47.2 Å². The molecule has 2 atom stereocenters. The van der Waals surface area contributed by atoms with E-state index in [2.05, 4.69) is 54.5 Å². The Balaban J connectivity index is 1.88. The molecule has 0 bridgehead atoms. The van der Waals surface area contributed by atoms with Crippen molar-refractivity contribution < 1.29 is 8.76 Å². The Morgan fingerprint density at radius 1 is 1.09 bits per heavy atom. The van der Waals surface area contributed by atoms with Gasteiger partial charge in [-0.2, -0.15) is 0 Å². The average molecular weight is 499 g/mol. The van der Waals surface area contributed by atoms with E-state index < -0.39 is 11.0 Å². The molecule has 33 heavy (non-hydrogen) atoms. The number of likely N-dealkylation sites (N-methyl/N-ethyl adjacent to an activating group) is 1. The van der Waals surface area contributed by atoms with Crippen molar-refractivity contribution in [2.24, 2.45) is 0 Å². The highest BCUT2D eigenvalue weighted by Gasteiger charge is 2.32. The molecule has 4 rings (SSSR count). The van der Waals surface area contributed by atoms with Crippen LogP contribution in [-0.4, -0.2) is 39.0 Å². The largest absolute Gasteiger partial charge is 0.339 e. The van der Waals surface area contributed by atoms with Gasteiger partial charge in [-0.05, 0) is 60.2 Å². The normalized spacial score (nSPS) is 18.7. The fraction of sp³-hybridized carbons (Fsp3) is 0.308. The number of anilines is 2. The van der Waals surface area contributed by atoms with Crippen molar-refractivity contribution >= 4 is 46.2 Å². The van der Waals surface area contributed by atoms with Crippen molar-refractivity contribution in [3.05, 3.63) is 66.7 Å². The van der Waals surface area contributed by atoms with Crippen molar-refractivity contribution in [3.8, 4) is 11.1 Å². The minimum atomic E-state index is -1.27. The molecule has 1 N–H and O–H groups in total. The summed E-state index contributed by atoms with van der Waals surface area (Å²) in [6.07, 6.45) is 5.33. The Labute approximate surface area is 208 Å². The molecule has 1 aliphatic rings. The summed E-state index contributed by atoms with van der Waals surface area (Å²) in [4.78, 5) is 5.13. The zero-order valence-electron chi connectivity index (χ0n) is 19.2. The molecule has 1 heterocycles. The first-order valence-corrected chi connectivity index (χ1v) is 14.3. The molecular formula is C26H30N2O2S3. The third-order valence-electron chi connectivity index (χ3n) is 6.16. The highest BCUT2D eigenvalue weighted by molar-refractivity contribution is 7.98. The number of para-hydroxylation sites is 1. The summed E-state index contributed by atoms with van der Waals surface area (Å²) in [5.41, 5.74) is 4.26. The highest BCUT2D eigenvalue weighted by Crippen LogP contribution is 2.42. The third-order valence-corrected chi connectivity index (χ3v) is 8.94. The molecule has 7 heteroatoms. The second-order valence-electron chi connectivity index (χ2n) is 8.17. The van der Waals surface area contributed by atoms with Crippen LogP contribution in [-0.2, 0) is 11.0 Å². The van der Waals surface area contributed by atoms with Gasteiger partial charge in [0.25, 0.3) is 0 Å². The first kappa shape index (κ1) is 24.4. The van der Waals surface area contributed by atoms with Crippen molar-refractivity contribution in [1.29, 1.82) is 0 Å². The zero-order valence-corrected chi connectivity index (χ0v) is 21.7. The van der Waals surface area contributed by atoms with Crippen LogP contribution in [0.4, 0.5) is 11.4 Å². The Kier molecular flexibility index (Phi) is 8.20. The summed E-state index contributed by atoms with van der Waals surface area (Å²) in [5, 5.41) is 0. The monoisotopic (exact) mass is 498 g/mol. The minimum absolute atomic E-state index is 0.195. The first-order chi connectivity index (χ1) is 16.1. The number of hydrogen-bond acceptors (Lipinski definition) is 5. The van der Waals surface area contributed by atoms with Gasteiger partial charge in [-0.1, -0.05) is 50.1 Å². The molecule has 0 aromatic heterocycles. The summed E-state index contributed by atoms with van der Waals surface area (Å²) in [6.45, 7) is 3.00. The standard InChI is InChI=1S/C26H30N2O2S3/c1-4-5-9-21-18-28(20-10-7-6-8-11-20)24-17-25(31-3)23(16-26(24)33(30)27(21)2)19-12-14-22(32-29)15-13-19/h6-8,10-17,21,29H,4-5,9,18H2,1-3H3. The van der Waals surface area contributed by atoms with Gasteiger partial charge in [0.2, 0.25) is 0 Å². The molecule has 0 fully saturated rings. The molecule has 0 saturated heterocycles. The van der Waals surface area contributed by atoms with Crippen molar-refractivity contribution in [1.82, 2.24) is 4.31 Å². The van der Waals surface area contributed by atoms with Gasteiger partial charge >= 0.3 is 0 Å². The second-order valence-corrected chi connectivity index (χ2v) is 11.2. The van der Waals surface area contributed by atoms with Gasteiger partial charge in [0.15, 0.2) is 0 Å². The maximum absolute atomic E-state index is 13.8. The molecule has 4 nitrogen and oxygen atoms in total. The Morgan fingerprint density at radius 2 is 1.82 bits per heavy atom. The summed E-state index contributed by atoms with van der Waals surface area (Å²) in [5.74, 6) is 0. The predicted molar refractivity (Wildman–Crippen MR) is 143 cm³/mol. The zero-order chi connectivity index (χ0) is 23.4. The smallest absolute Gasteiger partial charge is 0.129 e. The van der Waals surface area contributed by atoms with Crippen LogP contribution in [0.1, 0.15) is 26.2 Å². The topological polar surface area (TPSA) is 43.8 Å². The van der Waals surface area contributed by atoms with Gasteiger partial charge < -0.3 is 9.45 Å². The maximum Gasteiger partial charge on any atom is 0.129 e. The van der Waals surface area contributed by atoms with E-state index in [1.165, 1.54) is 0 Å². The summed E-state index contributed by atoms with van der Waals surface area (Å²) in [6, 6.07) is 22.8. The van der Waals surface area contributed by atoms with Gasteiger partial charge in [-0.3, -0.25) is 0 Å². The van der Waals surface area contributed by atoms with Crippen LogP contribution in [0.3, 0.4) is 0 Å². The highest BCUT2D eigenvalue weighted by atomic mass is 32.2. The Bertz CT molecular complexity index is 1110. The van der Waals surface area contributed by atoms with E-state index in [-0.39, 0.29) is 6.04 Å². The summed E-state index contributed by atoms with van der Waals surface area (Å²) >= 11 is 2.45. The first-order valence-electron chi connectivity index (χ1n) is 11.2. The molecule has 3 aromatic carbocycles. The average Bonchev–Trinajstić information content (AvgIpc) is 2.97. The van der Waals surface area contributed by atoms with E-state index in [1.807, 2.05) is 41.7 Å². The van der Waals surface area contributed by atoms with E-state index in [4.69, 9.17) is 0 Å². The Hall–Kier alpha value is -1.77. The molecule has 0 radical (unpaired) electrons. The van der Waals surface area contributed by atoms with Gasteiger partial charge in [0.1, 0.15) is 11.0 Å². The van der Waals surface area contributed by atoms with E-state index in [9.17, 15) is 8.76 Å². The van der Waals surface area contributed by atoms with Crippen molar-refractivity contribution in [2.45, 2.75) is 46.9 Å². The molecule has 1 aliphatic heterocycles. The third kappa shape index (κ3) is 5.17. The number of nitrogens with zero attached hydrogens (tertiary/aromatic N) is 2. The number of fused-ring (bicyclic) bond motifs is 1. The van der Waals surface area contributed by atoms with E-state index in [0.29, 0.717) is 0 Å². The predicted octanol–water partition coefficient (Wildman–Crippen LogP) is 7.31. The van der Waals surface area contributed by atoms with E-state index in [0.717, 1.165) is 75.0 Å². The second kappa shape index (κ2) is 11.1. The summed E-state index contributed by atoms with van der Waals surface area (Å²) < 4.78 is 25.2. The molecule has 3 aromatic rings. The molecule has 2 unspecified atom stereocenters. The minimum Gasteiger partial charge on any atom is -0.339 e. The summed E-state index contributed by atoms with van der Waals surface area (Å²) in [7, 11) is 0.723. The van der Waals surface area contributed by atoms with E-state index in [1.54, 1.807) is 11.8 Å². The maximum atomic E-state index is 13.8. The fourth-order valence-electron chi connectivity index (χ4n) is 4.27. The number of rotatable bonds is 7. The van der Waals surface area contributed by atoms with E-state index >= 15 is 0 Å². The van der Waals surface area contributed by atoms with Crippen LogP contribution in [0.2, 0.25) is 0 Å². The molecule has 0 saturated carbocycles. The number of unbranched alkanes of at least 4 members (excludes halogenated alkanes) is 1. The molecule has 0 aliphatic carbocycles. The lowest BCUT2D eigenvalue weighted by atomic mass is 10.0. The lowest BCUT2D eigenvalue weighted by Gasteiger charge is -2.30. The lowest BCUT2D eigenvalue weighted by molar-refractivity contribution is 0.369. The molecule has 0 spiro atoms. The van der Waals surface area contributed by atoms with Gasteiger partial charge in [-0.25, -0.2) is 8.51 Å². The van der Waals surface area contributed by atoms with Gasteiger partial charge in [-0.15, -0.1) is 11.8 Å². The van der Waals surface area contributed by atoms with Crippen LogP contribution in [0.15, 0.2) is 81.4 Å². The SMILES string of the molecule is CCCCC1CN(c2ccccc2)c2cc(SC)c(-c3ccc(SO)cc3)cc2S(=O)N1C. The Morgan fingerprint density at radius 3 is 2.45 bits per heavy atom. The molecule has 0 amide bonds. The fourth-order valence-corrected chi connectivity index (χ4v) is 6.47. The van der Waals surface area contributed by atoms with Gasteiger partial charge in [0.05, 0.1) is 10.6 Å². The lowest BCUT2D eigenvalue weighted by Crippen LogP contribution is -2.38. The molecular weight excluding hydrogens is 468 g/mol. The number of hydrogen-bond donors (Lipinski definition) is 1. The van der Waals surface area contributed by atoms with Crippen LogP contribution >= 0.6 is 23.8 Å². The van der Waals surface area contributed by atoms with Crippen LogP contribution in [0.25, 0.3) is 11.1 Å². The number of benzene rings is 3. The van der Waals surface area contributed by atoms with Crippen molar-refractivity contribution in [3.63, 3.8) is 0 Å².